The number of benzene rings is 1. The van der Waals surface area contributed by atoms with E-state index in [0.29, 0.717) is 25.1 Å². The van der Waals surface area contributed by atoms with E-state index in [9.17, 15) is 0 Å². The standard InChI is InChI=1S/C21H31N5O2.HI/c1-5-28-20-12-17(6-7-19(20)27-4)13-24-21(22-3)25-10-8-16(2)18(14-25)26-11-9-23-15-26;/h6-7,9,11-12,15-16,18H,5,8,10,13-14H2,1-4H3,(H,22,24);1H. The lowest BCUT2D eigenvalue weighted by Crippen LogP contribution is -2.48. The van der Waals surface area contributed by atoms with E-state index >= 15 is 0 Å². The SMILES string of the molecule is CCOc1cc(CNC(=NC)N2CCC(C)C(n3ccnc3)C2)ccc1OC.I. The van der Waals surface area contributed by atoms with Gasteiger partial charge in [-0.25, -0.2) is 4.98 Å². The maximum atomic E-state index is 5.68. The zero-order valence-electron chi connectivity index (χ0n) is 17.7. The summed E-state index contributed by atoms with van der Waals surface area (Å²) < 4.78 is 13.3. The lowest BCUT2D eigenvalue weighted by Gasteiger charge is -2.39. The first-order valence-electron chi connectivity index (χ1n) is 9.89. The molecule has 7 nitrogen and oxygen atoms in total. The number of hydrogen-bond donors (Lipinski definition) is 1. The molecule has 1 N–H and O–H groups in total. The smallest absolute Gasteiger partial charge is 0.193 e. The number of imidazole rings is 1. The van der Waals surface area contributed by atoms with Gasteiger partial charge in [-0.1, -0.05) is 13.0 Å². The summed E-state index contributed by atoms with van der Waals surface area (Å²) in [6, 6.07) is 6.42. The first-order valence-corrected chi connectivity index (χ1v) is 9.89. The van der Waals surface area contributed by atoms with Gasteiger partial charge >= 0.3 is 0 Å². The van der Waals surface area contributed by atoms with Crippen molar-refractivity contribution in [2.24, 2.45) is 10.9 Å². The Morgan fingerprint density at radius 3 is 2.83 bits per heavy atom. The van der Waals surface area contributed by atoms with Crippen molar-refractivity contribution in [1.82, 2.24) is 19.8 Å². The van der Waals surface area contributed by atoms with Crippen LogP contribution in [0.2, 0.25) is 0 Å². The van der Waals surface area contributed by atoms with E-state index in [1.54, 1.807) is 7.11 Å². The van der Waals surface area contributed by atoms with E-state index in [1.807, 2.05) is 50.9 Å². The number of halogens is 1. The largest absolute Gasteiger partial charge is 0.493 e. The summed E-state index contributed by atoms with van der Waals surface area (Å²) in [5, 5.41) is 3.50. The fourth-order valence-corrected chi connectivity index (χ4v) is 3.71. The number of likely N-dealkylation sites (tertiary alicyclic amines) is 1. The summed E-state index contributed by atoms with van der Waals surface area (Å²) in [5.41, 5.74) is 1.13. The van der Waals surface area contributed by atoms with Gasteiger partial charge in [0.15, 0.2) is 17.5 Å². The van der Waals surface area contributed by atoms with Crippen LogP contribution in [-0.2, 0) is 6.54 Å². The molecule has 3 rings (SSSR count). The van der Waals surface area contributed by atoms with Crippen molar-refractivity contribution in [3.05, 3.63) is 42.5 Å². The Balaban J connectivity index is 0.00000300. The number of nitrogens with zero attached hydrogens (tertiary/aromatic N) is 4. The molecule has 0 spiro atoms. The van der Waals surface area contributed by atoms with E-state index in [1.165, 1.54) is 0 Å². The van der Waals surface area contributed by atoms with Crippen molar-refractivity contribution in [2.75, 3.05) is 33.9 Å². The van der Waals surface area contributed by atoms with Crippen LogP contribution in [0.3, 0.4) is 0 Å². The molecule has 1 aromatic carbocycles. The predicted octanol–water partition coefficient (Wildman–Crippen LogP) is 3.57. The number of nitrogens with one attached hydrogen (secondary N) is 1. The summed E-state index contributed by atoms with van der Waals surface area (Å²) in [6.07, 6.45) is 6.93. The molecule has 1 fully saturated rings. The normalized spacial score (nSPS) is 19.4. The molecule has 160 valence electrons. The van der Waals surface area contributed by atoms with Crippen LogP contribution in [-0.4, -0.2) is 54.3 Å². The van der Waals surface area contributed by atoms with Crippen molar-refractivity contribution in [3.63, 3.8) is 0 Å². The maximum Gasteiger partial charge on any atom is 0.193 e. The molecule has 0 radical (unpaired) electrons. The Morgan fingerprint density at radius 2 is 2.17 bits per heavy atom. The van der Waals surface area contributed by atoms with Crippen LogP contribution in [0.15, 0.2) is 41.9 Å². The highest BCUT2D eigenvalue weighted by Crippen LogP contribution is 2.29. The number of rotatable bonds is 6. The minimum Gasteiger partial charge on any atom is -0.493 e. The number of aromatic nitrogens is 2. The Bertz CT molecular complexity index is 781. The van der Waals surface area contributed by atoms with E-state index in [2.05, 4.69) is 31.7 Å². The zero-order chi connectivity index (χ0) is 19.9. The molecule has 0 amide bonds. The number of hydrogen-bond acceptors (Lipinski definition) is 4. The Hall–Kier alpha value is -1.97. The summed E-state index contributed by atoms with van der Waals surface area (Å²) >= 11 is 0. The number of methoxy groups -OCH3 is 1. The Labute approximate surface area is 190 Å². The van der Waals surface area contributed by atoms with Crippen molar-refractivity contribution >= 4 is 29.9 Å². The molecular weight excluding hydrogens is 481 g/mol. The van der Waals surface area contributed by atoms with E-state index < -0.39 is 0 Å². The van der Waals surface area contributed by atoms with Gasteiger partial charge in [-0.05, 0) is 37.0 Å². The third-order valence-corrected chi connectivity index (χ3v) is 5.32. The molecule has 0 bridgehead atoms. The number of ether oxygens (including phenoxy) is 2. The second kappa shape index (κ2) is 11.3. The highest BCUT2D eigenvalue weighted by molar-refractivity contribution is 14.0. The predicted molar refractivity (Wildman–Crippen MR) is 126 cm³/mol. The van der Waals surface area contributed by atoms with E-state index in [-0.39, 0.29) is 24.0 Å². The summed E-state index contributed by atoms with van der Waals surface area (Å²) in [6.45, 7) is 7.49. The lowest BCUT2D eigenvalue weighted by molar-refractivity contribution is 0.189. The highest BCUT2D eigenvalue weighted by atomic mass is 127. The van der Waals surface area contributed by atoms with Crippen LogP contribution in [0.25, 0.3) is 0 Å². The Kier molecular flexibility index (Phi) is 9.06. The van der Waals surface area contributed by atoms with Crippen LogP contribution < -0.4 is 14.8 Å². The average Bonchev–Trinajstić information content (AvgIpc) is 3.24. The number of piperidine rings is 1. The van der Waals surface area contributed by atoms with Gasteiger partial charge in [0.2, 0.25) is 0 Å². The van der Waals surface area contributed by atoms with E-state index in [0.717, 1.165) is 42.5 Å². The molecule has 0 saturated carbocycles. The van der Waals surface area contributed by atoms with Gasteiger partial charge < -0.3 is 24.3 Å². The molecule has 2 atom stereocenters. The molecule has 2 heterocycles. The molecule has 1 aliphatic heterocycles. The lowest BCUT2D eigenvalue weighted by atomic mass is 9.93. The quantitative estimate of drug-likeness (QED) is 0.364. The van der Waals surface area contributed by atoms with Crippen LogP contribution >= 0.6 is 24.0 Å². The monoisotopic (exact) mass is 513 g/mol. The maximum absolute atomic E-state index is 5.68. The van der Waals surface area contributed by atoms with Gasteiger partial charge in [0, 0.05) is 39.1 Å². The topological polar surface area (TPSA) is 63.9 Å². The van der Waals surface area contributed by atoms with Gasteiger partial charge in [0.05, 0.1) is 26.1 Å². The molecule has 2 aromatic rings. The fourth-order valence-electron chi connectivity index (χ4n) is 3.71. The summed E-state index contributed by atoms with van der Waals surface area (Å²) in [5.74, 6) is 3.05. The van der Waals surface area contributed by atoms with E-state index in [4.69, 9.17) is 9.47 Å². The zero-order valence-corrected chi connectivity index (χ0v) is 20.0. The molecule has 1 saturated heterocycles. The van der Waals surface area contributed by atoms with Gasteiger partial charge in [-0.15, -0.1) is 24.0 Å². The van der Waals surface area contributed by atoms with Gasteiger partial charge in [0.1, 0.15) is 0 Å². The summed E-state index contributed by atoms with van der Waals surface area (Å²) in [4.78, 5) is 11.1. The van der Waals surface area contributed by atoms with Crippen LogP contribution in [0, 0.1) is 5.92 Å². The van der Waals surface area contributed by atoms with Gasteiger partial charge in [-0.2, -0.15) is 0 Å². The third-order valence-electron chi connectivity index (χ3n) is 5.32. The first-order chi connectivity index (χ1) is 13.7. The number of guanidine groups is 1. The average molecular weight is 513 g/mol. The van der Waals surface area contributed by atoms with Crippen molar-refractivity contribution in [3.8, 4) is 11.5 Å². The molecule has 2 unspecified atom stereocenters. The molecule has 29 heavy (non-hydrogen) atoms. The van der Waals surface area contributed by atoms with Gasteiger partial charge in [0.25, 0.3) is 0 Å². The molecule has 1 aromatic heterocycles. The minimum atomic E-state index is 0. The van der Waals surface area contributed by atoms with Crippen LogP contribution in [0.4, 0.5) is 0 Å². The van der Waals surface area contributed by atoms with Crippen molar-refractivity contribution in [1.29, 1.82) is 0 Å². The van der Waals surface area contributed by atoms with Crippen LogP contribution in [0.1, 0.15) is 31.9 Å². The first kappa shape index (κ1) is 23.3. The summed E-state index contributed by atoms with van der Waals surface area (Å²) in [7, 11) is 3.50. The fraction of sp³-hybridized carbons (Fsp3) is 0.524. The second-order valence-electron chi connectivity index (χ2n) is 7.11. The molecule has 8 heteroatoms. The highest BCUT2D eigenvalue weighted by Gasteiger charge is 2.28. The molecule has 1 aliphatic rings. The molecular formula is C21H32IN5O2. The molecule has 0 aliphatic carbocycles. The number of aliphatic imine (C=N–C) groups is 1. The van der Waals surface area contributed by atoms with Gasteiger partial charge in [-0.3, -0.25) is 4.99 Å². The minimum absolute atomic E-state index is 0. The van der Waals surface area contributed by atoms with Crippen molar-refractivity contribution in [2.45, 2.75) is 32.9 Å². The Morgan fingerprint density at radius 1 is 1.34 bits per heavy atom. The van der Waals surface area contributed by atoms with Crippen molar-refractivity contribution < 1.29 is 9.47 Å². The van der Waals surface area contributed by atoms with Crippen LogP contribution in [0.5, 0.6) is 11.5 Å². The third kappa shape index (κ3) is 5.77. The second-order valence-corrected chi connectivity index (χ2v) is 7.11.